The third kappa shape index (κ3) is 4.29. The van der Waals surface area contributed by atoms with Gasteiger partial charge in [0.2, 0.25) is 0 Å². The molecule has 0 bridgehead atoms. The third-order valence-corrected chi connectivity index (χ3v) is 2.78. The smallest absolute Gasteiger partial charge is 0.274 e. The molecule has 1 amide bonds. The first kappa shape index (κ1) is 15.0. The fourth-order valence-corrected chi connectivity index (χ4v) is 1.76. The highest BCUT2D eigenvalue weighted by molar-refractivity contribution is 6.02. The van der Waals surface area contributed by atoms with Crippen molar-refractivity contribution in [2.75, 3.05) is 5.32 Å². The van der Waals surface area contributed by atoms with Crippen LogP contribution in [-0.4, -0.2) is 17.0 Å². The van der Waals surface area contributed by atoms with E-state index >= 15 is 0 Å². The molecule has 0 fully saturated rings. The highest BCUT2D eigenvalue weighted by atomic mass is 16.5. The minimum atomic E-state index is -0.254. The van der Waals surface area contributed by atoms with E-state index in [2.05, 4.69) is 10.3 Å². The van der Waals surface area contributed by atoms with Gasteiger partial charge in [-0.05, 0) is 49.7 Å². The van der Waals surface area contributed by atoms with Gasteiger partial charge >= 0.3 is 0 Å². The molecule has 0 saturated carbocycles. The molecule has 0 unspecified atom stereocenters. The van der Waals surface area contributed by atoms with E-state index in [0.717, 1.165) is 11.3 Å². The van der Waals surface area contributed by atoms with Crippen LogP contribution in [0.2, 0.25) is 0 Å². The lowest BCUT2D eigenvalue weighted by Gasteiger charge is -2.10. The minimum absolute atomic E-state index is 0.121. The number of aromatic nitrogens is 1. The molecule has 1 aromatic carbocycles. The summed E-state index contributed by atoms with van der Waals surface area (Å²) < 4.78 is 5.55. The summed E-state index contributed by atoms with van der Waals surface area (Å²) in [6, 6.07) is 10.7. The number of ether oxygens (including phenoxy) is 1. The number of nitrogens with one attached hydrogen (secondary N) is 1. The van der Waals surface area contributed by atoms with Gasteiger partial charge in [0.1, 0.15) is 11.4 Å². The molecular formula is C16H19N3O2. The third-order valence-electron chi connectivity index (χ3n) is 2.78. The van der Waals surface area contributed by atoms with Crippen LogP contribution >= 0.6 is 0 Å². The van der Waals surface area contributed by atoms with Crippen LogP contribution in [0.3, 0.4) is 0 Å². The SMILES string of the molecule is CC(C)Oc1ccc(NC(=O)c2ccc(CN)cn2)cc1. The monoisotopic (exact) mass is 285 g/mol. The highest BCUT2D eigenvalue weighted by Crippen LogP contribution is 2.17. The van der Waals surface area contributed by atoms with Gasteiger partial charge in [0.15, 0.2) is 0 Å². The summed E-state index contributed by atoms with van der Waals surface area (Å²) in [5.41, 5.74) is 7.44. The molecule has 0 radical (unpaired) electrons. The number of hydrogen-bond donors (Lipinski definition) is 2. The number of carbonyl (C=O) groups is 1. The van der Waals surface area contributed by atoms with Crippen molar-refractivity contribution in [1.82, 2.24) is 4.98 Å². The Morgan fingerprint density at radius 2 is 1.95 bits per heavy atom. The molecular weight excluding hydrogens is 266 g/mol. The zero-order chi connectivity index (χ0) is 15.2. The van der Waals surface area contributed by atoms with Gasteiger partial charge in [0.05, 0.1) is 6.10 Å². The van der Waals surface area contributed by atoms with E-state index in [-0.39, 0.29) is 12.0 Å². The zero-order valence-electron chi connectivity index (χ0n) is 12.2. The minimum Gasteiger partial charge on any atom is -0.491 e. The van der Waals surface area contributed by atoms with Crippen LogP contribution in [0.15, 0.2) is 42.6 Å². The van der Waals surface area contributed by atoms with Crippen molar-refractivity contribution in [3.63, 3.8) is 0 Å². The van der Waals surface area contributed by atoms with Crippen LogP contribution < -0.4 is 15.8 Å². The predicted molar refractivity (Wildman–Crippen MR) is 82.3 cm³/mol. The van der Waals surface area contributed by atoms with Crippen molar-refractivity contribution >= 4 is 11.6 Å². The predicted octanol–water partition coefficient (Wildman–Crippen LogP) is 2.58. The van der Waals surface area contributed by atoms with Crippen molar-refractivity contribution in [2.45, 2.75) is 26.5 Å². The van der Waals surface area contributed by atoms with Gasteiger partial charge in [-0.3, -0.25) is 9.78 Å². The van der Waals surface area contributed by atoms with Gasteiger partial charge in [-0.15, -0.1) is 0 Å². The first-order valence-electron chi connectivity index (χ1n) is 6.81. The molecule has 0 aliphatic heterocycles. The van der Waals surface area contributed by atoms with E-state index in [1.807, 2.05) is 26.0 Å². The Kier molecular flexibility index (Phi) is 4.90. The second kappa shape index (κ2) is 6.85. The number of benzene rings is 1. The van der Waals surface area contributed by atoms with Crippen molar-refractivity contribution in [2.24, 2.45) is 5.73 Å². The van der Waals surface area contributed by atoms with Crippen LogP contribution in [0.1, 0.15) is 29.9 Å². The largest absolute Gasteiger partial charge is 0.491 e. The van der Waals surface area contributed by atoms with Crippen molar-refractivity contribution < 1.29 is 9.53 Å². The van der Waals surface area contributed by atoms with Gasteiger partial charge < -0.3 is 15.8 Å². The topological polar surface area (TPSA) is 77.2 Å². The molecule has 3 N–H and O–H groups in total. The molecule has 0 spiro atoms. The van der Waals surface area contributed by atoms with E-state index in [4.69, 9.17) is 10.5 Å². The second-order valence-corrected chi connectivity index (χ2v) is 4.90. The van der Waals surface area contributed by atoms with E-state index in [0.29, 0.717) is 17.9 Å². The number of rotatable bonds is 5. The van der Waals surface area contributed by atoms with Crippen molar-refractivity contribution in [1.29, 1.82) is 0 Å². The Labute approximate surface area is 124 Å². The fourth-order valence-electron chi connectivity index (χ4n) is 1.76. The number of carbonyl (C=O) groups excluding carboxylic acids is 1. The number of anilines is 1. The second-order valence-electron chi connectivity index (χ2n) is 4.90. The zero-order valence-corrected chi connectivity index (χ0v) is 12.2. The maximum atomic E-state index is 12.0. The van der Waals surface area contributed by atoms with Crippen LogP contribution in [0.4, 0.5) is 5.69 Å². The number of nitrogens with two attached hydrogens (primary N) is 1. The quantitative estimate of drug-likeness (QED) is 0.885. The lowest BCUT2D eigenvalue weighted by atomic mass is 10.2. The molecule has 2 aromatic rings. The van der Waals surface area contributed by atoms with Crippen LogP contribution in [-0.2, 0) is 6.54 Å². The molecule has 110 valence electrons. The highest BCUT2D eigenvalue weighted by Gasteiger charge is 2.07. The maximum Gasteiger partial charge on any atom is 0.274 e. The lowest BCUT2D eigenvalue weighted by Crippen LogP contribution is -2.14. The van der Waals surface area contributed by atoms with E-state index in [9.17, 15) is 4.79 Å². The van der Waals surface area contributed by atoms with E-state index in [1.54, 1.807) is 30.5 Å². The van der Waals surface area contributed by atoms with E-state index < -0.39 is 0 Å². The maximum absolute atomic E-state index is 12.0. The molecule has 0 saturated heterocycles. The molecule has 1 heterocycles. The van der Waals surface area contributed by atoms with E-state index in [1.165, 1.54) is 0 Å². The molecule has 5 heteroatoms. The van der Waals surface area contributed by atoms with Crippen molar-refractivity contribution in [3.05, 3.63) is 53.9 Å². The summed E-state index contributed by atoms with van der Waals surface area (Å²) in [6.07, 6.45) is 1.73. The summed E-state index contributed by atoms with van der Waals surface area (Å²) in [7, 11) is 0. The molecule has 1 aromatic heterocycles. The molecule has 2 rings (SSSR count). The van der Waals surface area contributed by atoms with Gasteiger partial charge in [-0.2, -0.15) is 0 Å². The average molecular weight is 285 g/mol. The summed E-state index contributed by atoms with van der Waals surface area (Å²) >= 11 is 0. The first-order chi connectivity index (χ1) is 10.1. The van der Waals surface area contributed by atoms with Gasteiger partial charge in [0, 0.05) is 18.4 Å². The first-order valence-corrected chi connectivity index (χ1v) is 6.81. The summed E-state index contributed by atoms with van der Waals surface area (Å²) in [5, 5.41) is 2.79. The van der Waals surface area contributed by atoms with Crippen molar-refractivity contribution in [3.8, 4) is 5.75 Å². The average Bonchev–Trinajstić information content (AvgIpc) is 2.49. The van der Waals surface area contributed by atoms with Crippen LogP contribution in [0.25, 0.3) is 0 Å². The Bertz CT molecular complexity index is 592. The number of nitrogens with zero attached hydrogens (tertiary/aromatic N) is 1. The Morgan fingerprint density at radius 3 is 2.48 bits per heavy atom. The molecule has 0 aliphatic rings. The van der Waals surface area contributed by atoms with Crippen LogP contribution in [0.5, 0.6) is 5.75 Å². The lowest BCUT2D eigenvalue weighted by molar-refractivity contribution is 0.102. The van der Waals surface area contributed by atoms with Gasteiger partial charge in [0.25, 0.3) is 5.91 Å². The summed E-state index contributed by atoms with van der Waals surface area (Å²) in [4.78, 5) is 16.1. The standard InChI is InChI=1S/C16H19N3O2/c1-11(2)21-14-6-4-13(5-7-14)19-16(20)15-8-3-12(9-17)10-18-15/h3-8,10-11H,9,17H2,1-2H3,(H,19,20). The van der Waals surface area contributed by atoms with Crippen LogP contribution in [0, 0.1) is 0 Å². The molecule has 0 aliphatic carbocycles. The summed E-state index contributed by atoms with van der Waals surface area (Å²) in [6.45, 7) is 4.34. The molecule has 0 atom stereocenters. The number of pyridine rings is 1. The molecule has 21 heavy (non-hydrogen) atoms. The fraction of sp³-hybridized carbons (Fsp3) is 0.250. The molecule has 5 nitrogen and oxygen atoms in total. The Hall–Kier alpha value is -2.40. The van der Waals surface area contributed by atoms with Gasteiger partial charge in [-0.25, -0.2) is 0 Å². The number of amides is 1. The Morgan fingerprint density at radius 1 is 1.24 bits per heavy atom. The summed E-state index contributed by atoms with van der Waals surface area (Å²) in [5.74, 6) is 0.518. The Balaban J connectivity index is 2.01. The number of hydrogen-bond acceptors (Lipinski definition) is 4. The van der Waals surface area contributed by atoms with Gasteiger partial charge in [-0.1, -0.05) is 6.07 Å². The normalized spacial score (nSPS) is 10.5.